The van der Waals surface area contributed by atoms with E-state index in [1.807, 2.05) is 20.8 Å². The summed E-state index contributed by atoms with van der Waals surface area (Å²) in [5, 5.41) is 11.9. The fourth-order valence-electron chi connectivity index (χ4n) is 0.459. The number of amides is 2. The Hall–Kier alpha value is -0.770. The number of nitrogens with zero attached hydrogens (tertiary/aromatic N) is 1. The van der Waals surface area contributed by atoms with Gasteiger partial charge in [0.05, 0.1) is 0 Å². The summed E-state index contributed by atoms with van der Waals surface area (Å²) in [5.74, 6) is 0. The van der Waals surface area contributed by atoms with Crippen LogP contribution in [0.1, 0.15) is 27.2 Å². The summed E-state index contributed by atoms with van der Waals surface area (Å²) in [7, 11) is 1.29. The maximum atomic E-state index is 10.9. The molecule has 0 rings (SSSR count). The third-order valence-electron chi connectivity index (χ3n) is 1.62. The second kappa shape index (κ2) is 3.57. The normalized spacial score (nSPS) is 11.0. The molecule has 0 aliphatic heterocycles. The highest BCUT2D eigenvalue weighted by atomic mass is 16.5. The first-order chi connectivity index (χ1) is 4.89. The van der Waals surface area contributed by atoms with Crippen molar-refractivity contribution in [2.24, 2.45) is 0 Å². The molecule has 0 atom stereocenters. The molecule has 0 unspecified atom stereocenters. The van der Waals surface area contributed by atoms with E-state index in [1.165, 1.54) is 7.05 Å². The van der Waals surface area contributed by atoms with Gasteiger partial charge < -0.3 is 5.32 Å². The lowest BCUT2D eigenvalue weighted by molar-refractivity contribution is -0.0211. The molecule has 0 aliphatic carbocycles. The summed E-state index contributed by atoms with van der Waals surface area (Å²) in [4.78, 5) is 10.9. The van der Waals surface area contributed by atoms with Crippen LogP contribution < -0.4 is 5.32 Å². The molecule has 0 aromatic rings. The van der Waals surface area contributed by atoms with Crippen LogP contribution in [0.5, 0.6) is 0 Å². The molecule has 2 amide bonds. The molecule has 0 aromatic heterocycles. The van der Waals surface area contributed by atoms with Gasteiger partial charge in [-0.25, -0.2) is 9.86 Å². The van der Waals surface area contributed by atoms with E-state index in [0.29, 0.717) is 5.06 Å². The van der Waals surface area contributed by atoms with Gasteiger partial charge in [-0.3, -0.25) is 5.21 Å². The van der Waals surface area contributed by atoms with Gasteiger partial charge in [0.15, 0.2) is 0 Å². The number of urea groups is 1. The standard InChI is InChI=1S/C7H16N2O2/c1-5-7(2,3)8-6(10)9(4)11/h11H,5H2,1-4H3,(H,8,10). The molecule has 0 spiro atoms. The number of hydroxylamine groups is 2. The van der Waals surface area contributed by atoms with Gasteiger partial charge in [-0.15, -0.1) is 0 Å². The Balaban J connectivity index is 3.94. The van der Waals surface area contributed by atoms with E-state index in [1.54, 1.807) is 0 Å². The fourth-order valence-corrected chi connectivity index (χ4v) is 0.459. The van der Waals surface area contributed by atoms with Crippen LogP contribution in [0.2, 0.25) is 0 Å². The summed E-state index contributed by atoms with van der Waals surface area (Å²) in [6.45, 7) is 5.76. The molecule has 11 heavy (non-hydrogen) atoms. The lowest BCUT2D eigenvalue weighted by atomic mass is 10.0. The zero-order chi connectivity index (χ0) is 9.07. The summed E-state index contributed by atoms with van der Waals surface area (Å²) in [6, 6.07) is -0.475. The van der Waals surface area contributed by atoms with Crippen molar-refractivity contribution < 1.29 is 10.0 Å². The van der Waals surface area contributed by atoms with Crippen molar-refractivity contribution in [3.63, 3.8) is 0 Å². The van der Waals surface area contributed by atoms with Gasteiger partial charge in [0.1, 0.15) is 0 Å². The fraction of sp³-hybridized carbons (Fsp3) is 0.857. The topological polar surface area (TPSA) is 52.6 Å². The maximum absolute atomic E-state index is 10.9. The Morgan fingerprint density at radius 3 is 2.36 bits per heavy atom. The molecule has 0 fully saturated rings. The molecule has 66 valence electrons. The van der Waals surface area contributed by atoms with Gasteiger partial charge in [0.25, 0.3) is 0 Å². The lowest BCUT2D eigenvalue weighted by Crippen LogP contribution is -2.47. The smallest absolute Gasteiger partial charge is 0.331 e. The molecule has 0 aromatic carbocycles. The van der Waals surface area contributed by atoms with Crippen molar-refractivity contribution in [2.75, 3.05) is 7.05 Å². The van der Waals surface area contributed by atoms with Gasteiger partial charge in [-0.2, -0.15) is 0 Å². The minimum atomic E-state index is -0.475. The van der Waals surface area contributed by atoms with Crippen molar-refractivity contribution in [2.45, 2.75) is 32.7 Å². The molecule has 0 saturated carbocycles. The first-order valence-corrected chi connectivity index (χ1v) is 3.64. The molecule has 0 bridgehead atoms. The molecule has 0 aliphatic rings. The average Bonchev–Trinajstić information content (AvgIpc) is 1.87. The summed E-state index contributed by atoms with van der Waals surface area (Å²) in [5.41, 5.74) is -0.256. The molecule has 0 heterocycles. The van der Waals surface area contributed by atoms with Crippen molar-refractivity contribution in [3.05, 3.63) is 0 Å². The molecular formula is C7H16N2O2. The number of carbonyl (C=O) groups excluding carboxylic acids is 1. The molecule has 4 nitrogen and oxygen atoms in total. The van der Waals surface area contributed by atoms with Gasteiger partial charge >= 0.3 is 6.03 Å². The van der Waals surface area contributed by atoms with Gasteiger partial charge in [-0.1, -0.05) is 6.92 Å². The lowest BCUT2D eigenvalue weighted by Gasteiger charge is -2.25. The molecule has 0 radical (unpaired) electrons. The number of nitrogens with one attached hydrogen (secondary N) is 1. The Labute approximate surface area is 67.1 Å². The van der Waals surface area contributed by atoms with Crippen molar-refractivity contribution >= 4 is 6.03 Å². The highest BCUT2D eigenvalue weighted by Crippen LogP contribution is 2.06. The van der Waals surface area contributed by atoms with E-state index in [4.69, 9.17) is 5.21 Å². The monoisotopic (exact) mass is 160 g/mol. The third kappa shape index (κ3) is 3.83. The summed E-state index contributed by atoms with van der Waals surface area (Å²) < 4.78 is 0. The van der Waals surface area contributed by atoms with Crippen LogP contribution >= 0.6 is 0 Å². The van der Waals surface area contributed by atoms with Gasteiger partial charge in [-0.05, 0) is 20.3 Å². The number of hydrogen-bond donors (Lipinski definition) is 2. The number of rotatable bonds is 2. The quantitative estimate of drug-likeness (QED) is 0.471. The van der Waals surface area contributed by atoms with Crippen LogP contribution in [-0.4, -0.2) is 28.9 Å². The Morgan fingerprint density at radius 2 is 2.09 bits per heavy atom. The van der Waals surface area contributed by atoms with E-state index in [2.05, 4.69) is 5.32 Å². The van der Waals surface area contributed by atoms with Crippen molar-refractivity contribution in [3.8, 4) is 0 Å². The van der Waals surface area contributed by atoms with Crippen LogP contribution in [0.3, 0.4) is 0 Å². The van der Waals surface area contributed by atoms with Gasteiger partial charge in [0, 0.05) is 12.6 Å². The zero-order valence-electron chi connectivity index (χ0n) is 7.51. The largest absolute Gasteiger partial charge is 0.341 e. The first-order valence-electron chi connectivity index (χ1n) is 3.64. The Kier molecular flexibility index (Phi) is 3.32. The number of hydrogen-bond acceptors (Lipinski definition) is 2. The van der Waals surface area contributed by atoms with Crippen molar-refractivity contribution in [1.29, 1.82) is 0 Å². The van der Waals surface area contributed by atoms with Crippen LogP contribution in [-0.2, 0) is 0 Å². The minimum Gasteiger partial charge on any atom is -0.331 e. The molecular weight excluding hydrogens is 144 g/mol. The molecule has 2 N–H and O–H groups in total. The third-order valence-corrected chi connectivity index (χ3v) is 1.62. The second-order valence-corrected chi connectivity index (χ2v) is 3.19. The van der Waals surface area contributed by atoms with E-state index in [0.717, 1.165) is 6.42 Å². The van der Waals surface area contributed by atoms with Gasteiger partial charge in [0.2, 0.25) is 0 Å². The predicted octanol–water partition coefficient (Wildman–Crippen LogP) is 1.21. The van der Waals surface area contributed by atoms with E-state index in [9.17, 15) is 4.79 Å². The Bertz CT molecular complexity index is 143. The van der Waals surface area contributed by atoms with E-state index < -0.39 is 6.03 Å². The average molecular weight is 160 g/mol. The summed E-state index contributed by atoms with van der Waals surface area (Å²) in [6.07, 6.45) is 0.826. The second-order valence-electron chi connectivity index (χ2n) is 3.19. The summed E-state index contributed by atoms with van der Waals surface area (Å²) >= 11 is 0. The van der Waals surface area contributed by atoms with E-state index in [-0.39, 0.29) is 5.54 Å². The number of carbonyl (C=O) groups is 1. The zero-order valence-corrected chi connectivity index (χ0v) is 7.51. The SMILES string of the molecule is CCC(C)(C)NC(=O)N(C)O. The molecule has 0 saturated heterocycles. The van der Waals surface area contributed by atoms with Crippen molar-refractivity contribution in [1.82, 2.24) is 10.4 Å². The van der Waals surface area contributed by atoms with Crippen LogP contribution in [0, 0.1) is 0 Å². The van der Waals surface area contributed by atoms with Crippen LogP contribution in [0.15, 0.2) is 0 Å². The molecule has 4 heteroatoms. The minimum absolute atomic E-state index is 0.256. The van der Waals surface area contributed by atoms with E-state index >= 15 is 0 Å². The predicted molar refractivity (Wildman–Crippen MR) is 42.5 cm³/mol. The highest BCUT2D eigenvalue weighted by Gasteiger charge is 2.18. The maximum Gasteiger partial charge on any atom is 0.341 e. The van der Waals surface area contributed by atoms with Crippen LogP contribution in [0.25, 0.3) is 0 Å². The first kappa shape index (κ1) is 10.2. The Morgan fingerprint density at radius 1 is 1.64 bits per heavy atom. The highest BCUT2D eigenvalue weighted by molar-refractivity contribution is 5.73. The van der Waals surface area contributed by atoms with Crippen LogP contribution in [0.4, 0.5) is 4.79 Å².